The van der Waals surface area contributed by atoms with Crippen molar-refractivity contribution in [2.75, 3.05) is 5.32 Å². The van der Waals surface area contributed by atoms with Gasteiger partial charge in [0.1, 0.15) is 0 Å². The predicted molar refractivity (Wildman–Crippen MR) is 101 cm³/mol. The molecular weight excluding hydrogens is 340 g/mol. The standard InChI is InChI=1S/C20H14N6O/c21-12-13-3-1-4-15(11-13)17-5-2-6-18-24-20(25-26(17)18)23-16-9-7-14(8-10-16)19(22)27/h1-11H,(H2,22,27)(H,23,25). The summed E-state index contributed by atoms with van der Waals surface area (Å²) in [6.07, 6.45) is 0. The molecule has 0 aliphatic heterocycles. The fourth-order valence-corrected chi connectivity index (χ4v) is 2.77. The molecule has 7 nitrogen and oxygen atoms in total. The van der Waals surface area contributed by atoms with Gasteiger partial charge in [0.15, 0.2) is 5.65 Å². The molecule has 0 spiro atoms. The van der Waals surface area contributed by atoms with E-state index < -0.39 is 5.91 Å². The van der Waals surface area contributed by atoms with E-state index in [4.69, 9.17) is 11.0 Å². The molecule has 0 aliphatic rings. The van der Waals surface area contributed by atoms with Crippen LogP contribution in [0.3, 0.4) is 0 Å². The highest BCUT2D eigenvalue weighted by Crippen LogP contribution is 2.23. The van der Waals surface area contributed by atoms with Crippen molar-refractivity contribution < 1.29 is 4.79 Å². The molecule has 1 amide bonds. The second kappa shape index (κ2) is 6.61. The first-order valence-corrected chi connectivity index (χ1v) is 8.17. The van der Waals surface area contributed by atoms with Gasteiger partial charge in [-0.2, -0.15) is 10.2 Å². The molecule has 0 fully saturated rings. The maximum atomic E-state index is 11.2. The van der Waals surface area contributed by atoms with E-state index in [1.54, 1.807) is 34.8 Å². The minimum Gasteiger partial charge on any atom is -0.366 e. The number of primary amides is 1. The van der Waals surface area contributed by atoms with Crippen LogP contribution in [0.5, 0.6) is 0 Å². The van der Waals surface area contributed by atoms with Crippen LogP contribution < -0.4 is 11.1 Å². The smallest absolute Gasteiger partial charge is 0.248 e. The molecule has 0 saturated heterocycles. The van der Waals surface area contributed by atoms with Crippen LogP contribution in [0.15, 0.2) is 66.7 Å². The molecule has 4 aromatic rings. The summed E-state index contributed by atoms with van der Waals surface area (Å²) in [7, 11) is 0. The summed E-state index contributed by atoms with van der Waals surface area (Å²) < 4.78 is 1.72. The molecular formula is C20H14N6O. The fourth-order valence-electron chi connectivity index (χ4n) is 2.77. The first-order valence-electron chi connectivity index (χ1n) is 8.17. The number of nitrogens with zero attached hydrogens (tertiary/aromatic N) is 4. The number of hydrogen-bond acceptors (Lipinski definition) is 5. The zero-order valence-corrected chi connectivity index (χ0v) is 14.1. The Morgan fingerprint density at radius 1 is 1.07 bits per heavy atom. The number of rotatable bonds is 4. The molecule has 4 rings (SSSR count). The van der Waals surface area contributed by atoms with Crippen molar-refractivity contribution in [2.24, 2.45) is 5.73 Å². The van der Waals surface area contributed by atoms with Crippen LogP contribution in [0.2, 0.25) is 0 Å². The normalized spacial score (nSPS) is 10.5. The average molecular weight is 354 g/mol. The van der Waals surface area contributed by atoms with E-state index in [1.807, 2.05) is 36.4 Å². The molecule has 0 saturated carbocycles. The molecule has 0 bridgehead atoms. The lowest BCUT2D eigenvalue weighted by molar-refractivity contribution is 0.100. The molecule has 2 aromatic heterocycles. The number of aromatic nitrogens is 3. The Morgan fingerprint density at radius 3 is 2.59 bits per heavy atom. The number of anilines is 2. The Bertz CT molecular complexity index is 1190. The summed E-state index contributed by atoms with van der Waals surface area (Å²) in [4.78, 5) is 15.6. The van der Waals surface area contributed by atoms with Gasteiger partial charge >= 0.3 is 0 Å². The van der Waals surface area contributed by atoms with Crippen LogP contribution >= 0.6 is 0 Å². The van der Waals surface area contributed by atoms with E-state index in [2.05, 4.69) is 21.5 Å². The Kier molecular flexibility index (Phi) is 3.99. The van der Waals surface area contributed by atoms with Crippen LogP contribution in [-0.4, -0.2) is 20.5 Å². The minimum absolute atomic E-state index is 0.422. The molecule has 2 heterocycles. The van der Waals surface area contributed by atoms with E-state index in [0.29, 0.717) is 22.7 Å². The maximum Gasteiger partial charge on any atom is 0.248 e. The van der Waals surface area contributed by atoms with Crippen LogP contribution in [-0.2, 0) is 0 Å². The van der Waals surface area contributed by atoms with Gasteiger partial charge in [-0.15, -0.1) is 5.10 Å². The molecule has 0 atom stereocenters. The predicted octanol–water partition coefficient (Wildman–Crippen LogP) is 3.11. The van der Waals surface area contributed by atoms with Gasteiger partial charge < -0.3 is 11.1 Å². The molecule has 27 heavy (non-hydrogen) atoms. The molecule has 130 valence electrons. The van der Waals surface area contributed by atoms with Gasteiger partial charge in [0.2, 0.25) is 11.9 Å². The Morgan fingerprint density at radius 2 is 1.85 bits per heavy atom. The first kappa shape index (κ1) is 16.3. The lowest BCUT2D eigenvalue weighted by Gasteiger charge is -2.04. The number of nitrogens with two attached hydrogens (primary N) is 1. The fraction of sp³-hybridized carbons (Fsp3) is 0. The van der Waals surface area contributed by atoms with Gasteiger partial charge in [-0.25, -0.2) is 4.52 Å². The molecule has 7 heteroatoms. The van der Waals surface area contributed by atoms with Crippen LogP contribution in [0.25, 0.3) is 16.9 Å². The van der Waals surface area contributed by atoms with E-state index >= 15 is 0 Å². The zero-order chi connectivity index (χ0) is 18.8. The molecule has 0 aliphatic carbocycles. The third-order valence-corrected chi connectivity index (χ3v) is 4.07. The molecule has 2 aromatic carbocycles. The Balaban J connectivity index is 1.70. The summed E-state index contributed by atoms with van der Waals surface area (Å²) in [5, 5.41) is 16.8. The summed E-state index contributed by atoms with van der Waals surface area (Å²) >= 11 is 0. The first-order chi connectivity index (χ1) is 13.1. The summed E-state index contributed by atoms with van der Waals surface area (Å²) in [5.41, 5.74) is 9.38. The molecule has 0 unspecified atom stereocenters. The summed E-state index contributed by atoms with van der Waals surface area (Å²) in [5.74, 6) is -0.0534. The second-order valence-corrected chi connectivity index (χ2v) is 5.88. The number of hydrogen-bond donors (Lipinski definition) is 2. The van der Waals surface area contributed by atoms with E-state index in [-0.39, 0.29) is 0 Å². The second-order valence-electron chi connectivity index (χ2n) is 5.88. The number of carbonyl (C=O) groups excluding carboxylic acids is 1. The highest BCUT2D eigenvalue weighted by Gasteiger charge is 2.10. The quantitative estimate of drug-likeness (QED) is 0.585. The van der Waals surface area contributed by atoms with Crippen molar-refractivity contribution >= 4 is 23.2 Å². The van der Waals surface area contributed by atoms with Crippen molar-refractivity contribution in [1.82, 2.24) is 14.6 Å². The van der Waals surface area contributed by atoms with Crippen LogP contribution in [0.4, 0.5) is 11.6 Å². The highest BCUT2D eigenvalue weighted by atomic mass is 16.1. The van der Waals surface area contributed by atoms with E-state index in [0.717, 1.165) is 16.9 Å². The number of amides is 1. The number of benzene rings is 2. The topological polar surface area (TPSA) is 109 Å². The Hall–Kier alpha value is -4.18. The lowest BCUT2D eigenvalue weighted by Crippen LogP contribution is -2.10. The van der Waals surface area contributed by atoms with Gasteiger partial charge in [0.05, 0.1) is 17.3 Å². The van der Waals surface area contributed by atoms with Crippen LogP contribution in [0, 0.1) is 11.3 Å². The van der Waals surface area contributed by atoms with Crippen LogP contribution in [0.1, 0.15) is 15.9 Å². The Labute approximate surface area is 154 Å². The van der Waals surface area contributed by atoms with Gasteiger partial charge in [-0.1, -0.05) is 18.2 Å². The van der Waals surface area contributed by atoms with Crippen molar-refractivity contribution in [1.29, 1.82) is 5.26 Å². The van der Waals surface area contributed by atoms with Gasteiger partial charge in [-0.3, -0.25) is 4.79 Å². The van der Waals surface area contributed by atoms with Gasteiger partial charge in [0, 0.05) is 16.8 Å². The number of pyridine rings is 1. The minimum atomic E-state index is -0.475. The number of carbonyl (C=O) groups is 1. The van der Waals surface area contributed by atoms with E-state index in [1.165, 1.54) is 0 Å². The van der Waals surface area contributed by atoms with Gasteiger partial charge in [-0.05, 0) is 48.5 Å². The molecule has 3 N–H and O–H groups in total. The average Bonchev–Trinajstić information content (AvgIpc) is 3.10. The number of fused-ring (bicyclic) bond motifs is 1. The maximum absolute atomic E-state index is 11.2. The zero-order valence-electron chi connectivity index (χ0n) is 14.1. The number of nitriles is 1. The third-order valence-electron chi connectivity index (χ3n) is 4.07. The monoisotopic (exact) mass is 354 g/mol. The van der Waals surface area contributed by atoms with Crippen molar-refractivity contribution in [2.45, 2.75) is 0 Å². The lowest BCUT2D eigenvalue weighted by atomic mass is 10.1. The SMILES string of the molecule is N#Cc1cccc(-c2cccc3nc(Nc4ccc(C(N)=O)cc4)nn23)c1. The van der Waals surface area contributed by atoms with E-state index in [9.17, 15) is 4.79 Å². The largest absolute Gasteiger partial charge is 0.366 e. The third kappa shape index (κ3) is 3.19. The molecule has 0 radical (unpaired) electrons. The van der Waals surface area contributed by atoms with Crippen molar-refractivity contribution in [3.8, 4) is 17.3 Å². The summed E-state index contributed by atoms with van der Waals surface area (Å²) in [6, 6.07) is 21.9. The number of nitrogens with one attached hydrogen (secondary N) is 1. The van der Waals surface area contributed by atoms with Gasteiger partial charge in [0.25, 0.3) is 0 Å². The highest BCUT2D eigenvalue weighted by molar-refractivity contribution is 5.93. The van der Waals surface area contributed by atoms with Crippen molar-refractivity contribution in [3.05, 3.63) is 77.9 Å². The van der Waals surface area contributed by atoms with Crippen molar-refractivity contribution in [3.63, 3.8) is 0 Å². The summed E-state index contributed by atoms with van der Waals surface area (Å²) in [6.45, 7) is 0.